The van der Waals surface area contributed by atoms with Gasteiger partial charge in [-0.25, -0.2) is 0 Å². The van der Waals surface area contributed by atoms with Gasteiger partial charge in [-0.3, -0.25) is 14.7 Å². The Labute approximate surface area is 134 Å². The number of aromatic nitrogens is 1. The van der Waals surface area contributed by atoms with Crippen molar-refractivity contribution in [3.63, 3.8) is 0 Å². The zero-order valence-electron chi connectivity index (χ0n) is 12.6. The summed E-state index contributed by atoms with van der Waals surface area (Å²) in [7, 11) is 0. The van der Waals surface area contributed by atoms with Crippen molar-refractivity contribution >= 4 is 17.3 Å². The molecule has 0 radical (unpaired) electrons. The van der Waals surface area contributed by atoms with E-state index in [-0.39, 0.29) is 6.04 Å². The van der Waals surface area contributed by atoms with E-state index < -0.39 is 12.0 Å². The van der Waals surface area contributed by atoms with Crippen molar-refractivity contribution in [3.8, 4) is 0 Å². The van der Waals surface area contributed by atoms with Gasteiger partial charge in [0.25, 0.3) is 0 Å². The van der Waals surface area contributed by atoms with Gasteiger partial charge in [0.15, 0.2) is 0 Å². The van der Waals surface area contributed by atoms with E-state index in [2.05, 4.69) is 28.3 Å². The second-order valence-electron chi connectivity index (χ2n) is 5.80. The van der Waals surface area contributed by atoms with Crippen LogP contribution < -0.4 is 0 Å². The zero-order valence-corrected chi connectivity index (χ0v) is 13.4. The average Bonchev–Trinajstić information content (AvgIpc) is 2.95. The minimum absolute atomic E-state index is 0.00287. The lowest BCUT2D eigenvalue weighted by molar-refractivity contribution is -0.145. The Kier molecular flexibility index (Phi) is 4.55. The SMILES string of the molecule is Cc1csc(C(c2ccncc2)N2CCCCC2C(=O)O)c1. The highest BCUT2D eigenvalue weighted by atomic mass is 32.1. The van der Waals surface area contributed by atoms with E-state index >= 15 is 0 Å². The molecule has 0 aliphatic carbocycles. The molecule has 0 aromatic carbocycles. The quantitative estimate of drug-likeness (QED) is 0.938. The molecule has 3 rings (SSSR count). The van der Waals surface area contributed by atoms with Gasteiger partial charge < -0.3 is 5.11 Å². The van der Waals surface area contributed by atoms with E-state index in [1.165, 1.54) is 10.4 Å². The summed E-state index contributed by atoms with van der Waals surface area (Å²) in [6, 6.07) is 5.75. The van der Waals surface area contributed by atoms with E-state index in [0.717, 1.165) is 31.4 Å². The Morgan fingerprint density at radius 2 is 2.18 bits per heavy atom. The molecule has 1 aliphatic rings. The highest BCUT2D eigenvalue weighted by molar-refractivity contribution is 7.10. The Morgan fingerprint density at radius 1 is 1.41 bits per heavy atom. The standard InChI is InChI=1S/C17H20N2O2S/c1-12-10-15(22-11-12)16(13-5-7-18-8-6-13)19-9-3-2-4-14(19)17(20)21/h5-8,10-11,14,16H,2-4,9H2,1H3,(H,20,21). The first-order valence-electron chi connectivity index (χ1n) is 7.60. The second-order valence-corrected chi connectivity index (χ2v) is 6.74. The van der Waals surface area contributed by atoms with Crippen LogP contribution in [0.1, 0.15) is 41.3 Å². The van der Waals surface area contributed by atoms with Gasteiger partial charge in [-0.1, -0.05) is 6.42 Å². The summed E-state index contributed by atoms with van der Waals surface area (Å²) in [6.45, 7) is 2.90. The average molecular weight is 316 g/mol. The molecule has 1 fully saturated rings. The summed E-state index contributed by atoms with van der Waals surface area (Å²) < 4.78 is 0. The molecule has 2 aromatic rings. The number of likely N-dealkylation sites (tertiary alicyclic amines) is 1. The number of carbonyl (C=O) groups is 1. The fraction of sp³-hybridized carbons (Fsp3) is 0.412. The Balaban J connectivity index is 2.02. The van der Waals surface area contributed by atoms with Crippen LogP contribution >= 0.6 is 11.3 Å². The van der Waals surface area contributed by atoms with Gasteiger partial charge in [-0.15, -0.1) is 11.3 Å². The van der Waals surface area contributed by atoms with E-state index in [1.807, 2.05) is 12.1 Å². The highest BCUT2D eigenvalue weighted by Gasteiger charge is 2.35. The van der Waals surface area contributed by atoms with Crippen LogP contribution in [-0.4, -0.2) is 33.5 Å². The van der Waals surface area contributed by atoms with Crippen molar-refractivity contribution in [3.05, 3.63) is 52.0 Å². The van der Waals surface area contributed by atoms with Gasteiger partial charge in [-0.2, -0.15) is 0 Å². The normalized spacial score (nSPS) is 20.7. The number of aliphatic carboxylic acids is 1. The maximum atomic E-state index is 11.7. The van der Waals surface area contributed by atoms with Crippen LogP contribution in [0.2, 0.25) is 0 Å². The molecule has 3 heterocycles. The van der Waals surface area contributed by atoms with Gasteiger partial charge in [0.1, 0.15) is 6.04 Å². The first-order chi connectivity index (χ1) is 10.7. The number of pyridine rings is 1. The number of carboxylic acid groups (broad SMARTS) is 1. The molecule has 0 amide bonds. The van der Waals surface area contributed by atoms with Crippen LogP contribution in [0.4, 0.5) is 0 Å². The summed E-state index contributed by atoms with van der Waals surface area (Å²) in [4.78, 5) is 19.1. The molecule has 4 nitrogen and oxygen atoms in total. The number of nitrogens with zero attached hydrogens (tertiary/aromatic N) is 2. The zero-order chi connectivity index (χ0) is 15.5. The molecule has 1 aliphatic heterocycles. The molecule has 0 spiro atoms. The first kappa shape index (κ1) is 15.2. The van der Waals surface area contributed by atoms with Gasteiger partial charge in [0.2, 0.25) is 0 Å². The van der Waals surface area contributed by atoms with Crippen molar-refractivity contribution in [2.24, 2.45) is 0 Å². The number of rotatable bonds is 4. The smallest absolute Gasteiger partial charge is 0.320 e. The van der Waals surface area contributed by atoms with Gasteiger partial charge in [0, 0.05) is 17.3 Å². The highest BCUT2D eigenvalue weighted by Crippen LogP contribution is 2.36. The number of hydrogen-bond acceptors (Lipinski definition) is 4. The van der Waals surface area contributed by atoms with Crippen molar-refractivity contribution < 1.29 is 9.90 Å². The third-order valence-corrected chi connectivity index (χ3v) is 5.31. The number of aryl methyl sites for hydroxylation is 1. The van der Waals surface area contributed by atoms with Crippen molar-refractivity contribution in [2.75, 3.05) is 6.54 Å². The predicted molar refractivity (Wildman–Crippen MR) is 87.1 cm³/mol. The lowest BCUT2D eigenvalue weighted by Gasteiger charge is -2.39. The van der Waals surface area contributed by atoms with Crippen molar-refractivity contribution in [1.82, 2.24) is 9.88 Å². The summed E-state index contributed by atoms with van der Waals surface area (Å²) in [6.07, 6.45) is 6.32. The molecular weight excluding hydrogens is 296 g/mol. The maximum absolute atomic E-state index is 11.7. The Bertz CT molecular complexity index is 641. The molecule has 2 atom stereocenters. The predicted octanol–water partition coefficient (Wildman–Crippen LogP) is 3.48. The second kappa shape index (κ2) is 6.58. The maximum Gasteiger partial charge on any atom is 0.320 e. The number of thiophene rings is 1. The summed E-state index contributed by atoms with van der Waals surface area (Å²) in [5.74, 6) is -0.716. The largest absolute Gasteiger partial charge is 0.480 e. The molecule has 2 unspecified atom stereocenters. The van der Waals surface area contributed by atoms with Crippen LogP contribution in [0.5, 0.6) is 0 Å². The van der Waals surface area contributed by atoms with E-state index in [1.54, 1.807) is 23.7 Å². The molecule has 5 heteroatoms. The molecule has 2 aromatic heterocycles. The van der Waals surface area contributed by atoms with E-state index in [4.69, 9.17) is 0 Å². The minimum Gasteiger partial charge on any atom is -0.480 e. The molecule has 116 valence electrons. The van der Waals surface area contributed by atoms with Crippen LogP contribution in [-0.2, 0) is 4.79 Å². The topological polar surface area (TPSA) is 53.4 Å². The fourth-order valence-corrected chi connectivity index (χ4v) is 4.23. The lowest BCUT2D eigenvalue weighted by Crippen LogP contribution is -2.46. The summed E-state index contributed by atoms with van der Waals surface area (Å²) in [5.41, 5.74) is 2.34. The van der Waals surface area contributed by atoms with E-state index in [9.17, 15) is 9.90 Å². The molecular formula is C17H20N2O2S. The lowest BCUT2D eigenvalue weighted by atomic mass is 9.95. The monoisotopic (exact) mass is 316 g/mol. The minimum atomic E-state index is -0.716. The molecule has 1 saturated heterocycles. The van der Waals surface area contributed by atoms with Crippen LogP contribution in [0.25, 0.3) is 0 Å². The molecule has 0 saturated carbocycles. The van der Waals surface area contributed by atoms with Crippen molar-refractivity contribution in [1.29, 1.82) is 0 Å². The van der Waals surface area contributed by atoms with Gasteiger partial charge in [0.05, 0.1) is 6.04 Å². The third kappa shape index (κ3) is 3.05. The van der Waals surface area contributed by atoms with Crippen molar-refractivity contribution in [2.45, 2.75) is 38.3 Å². The molecule has 1 N–H and O–H groups in total. The Morgan fingerprint density at radius 3 is 2.82 bits per heavy atom. The van der Waals surface area contributed by atoms with Gasteiger partial charge in [-0.05, 0) is 61.0 Å². The molecule has 0 bridgehead atoms. The van der Waals surface area contributed by atoms with Crippen LogP contribution in [0, 0.1) is 6.92 Å². The first-order valence-corrected chi connectivity index (χ1v) is 8.48. The molecule has 22 heavy (non-hydrogen) atoms. The van der Waals surface area contributed by atoms with Crippen LogP contribution in [0.15, 0.2) is 36.0 Å². The number of hydrogen-bond donors (Lipinski definition) is 1. The number of carboxylic acids is 1. The summed E-state index contributed by atoms with van der Waals surface area (Å²) in [5, 5.41) is 11.7. The number of piperidine rings is 1. The van der Waals surface area contributed by atoms with Crippen LogP contribution in [0.3, 0.4) is 0 Å². The van der Waals surface area contributed by atoms with Gasteiger partial charge >= 0.3 is 5.97 Å². The van der Waals surface area contributed by atoms with E-state index in [0.29, 0.717) is 0 Å². The third-order valence-electron chi connectivity index (χ3n) is 4.20. The summed E-state index contributed by atoms with van der Waals surface area (Å²) >= 11 is 1.70. The Hall–Kier alpha value is -1.72. The fourth-order valence-electron chi connectivity index (χ4n) is 3.19.